The number of aliphatic hydroxyl groups excluding tert-OH is 1. The molecule has 4 nitrogen and oxygen atoms in total. The molecule has 2 N–H and O–H groups in total. The van der Waals surface area contributed by atoms with Crippen molar-refractivity contribution in [2.75, 3.05) is 0 Å². The number of nitrogens with zero attached hydrogens (tertiary/aromatic N) is 2. The summed E-state index contributed by atoms with van der Waals surface area (Å²) < 4.78 is 0. The summed E-state index contributed by atoms with van der Waals surface area (Å²) in [6, 6.07) is 14.1. The largest absolute Gasteiger partial charge is 0.508 e. The van der Waals surface area contributed by atoms with Gasteiger partial charge in [0.2, 0.25) is 0 Å². The minimum atomic E-state index is -0.524. The van der Waals surface area contributed by atoms with Gasteiger partial charge in [-0.25, -0.2) is 0 Å². The molecule has 4 heteroatoms. The zero-order valence-corrected chi connectivity index (χ0v) is 12.1. The summed E-state index contributed by atoms with van der Waals surface area (Å²) in [5.74, 6) is 0.155. The first-order chi connectivity index (χ1) is 10.2. The highest BCUT2D eigenvalue weighted by atomic mass is 16.3. The Kier molecular flexibility index (Phi) is 5.46. The molecule has 0 aliphatic carbocycles. The molecule has 0 spiro atoms. The fourth-order valence-corrected chi connectivity index (χ4v) is 2.08. The number of benzene rings is 2. The van der Waals surface area contributed by atoms with E-state index >= 15 is 0 Å². The lowest BCUT2D eigenvalue weighted by Gasteiger charge is -2.12. The molecule has 1 unspecified atom stereocenters. The SMILES string of the molecule is CCCCC(O)c1ccccc1N=Nc1cccc(O)c1. The molecule has 0 aliphatic rings. The average molecular weight is 284 g/mol. The molecule has 2 aromatic rings. The van der Waals surface area contributed by atoms with Crippen molar-refractivity contribution in [3.05, 3.63) is 54.1 Å². The quantitative estimate of drug-likeness (QED) is 0.730. The van der Waals surface area contributed by atoms with E-state index in [1.54, 1.807) is 24.3 Å². The van der Waals surface area contributed by atoms with Gasteiger partial charge in [-0.1, -0.05) is 44.0 Å². The molecule has 2 aromatic carbocycles. The zero-order chi connectivity index (χ0) is 15.1. The number of phenolic OH excluding ortho intramolecular Hbond substituents is 1. The van der Waals surface area contributed by atoms with Crippen LogP contribution in [0.3, 0.4) is 0 Å². The van der Waals surface area contributed by atoms with E-state index in [1.807, 2.05) is 24.3 Å². The first-order valence-electron chi connectivity index (χ1n) is 7.18. The Labute approximate surface area is 124 Å². The molecule has 0 aliphatic heterocycles. The van der Waals surface area contributed by atoms with E-state index in [0.717, 1.165) is 24.8 Å². The van der Waals surface area contributed by atoms with Crippen LogP contribution in [0.25, 0.3) is 0 Å². The van der Waals surface area contributed by atoms with Crippen molar-refractivity contribution in [1.82, 2.24) is 0 Å². The first kappa shape index (κ1) is 15.2. The number of aliphatic hydroxyl groups is 1. The highest BCUT2D eigenvalue weighted by Crippen LogP contribution is 2.30. The van der Waals surface area contributed by atoms with Crippen LogP contribution in [0.4, 0.5) is 11.4 Å². The number of azo groups is 1. The maximum absolute atomic E-state index is 10.2. The third kappa shape index (κ3) is 4.39. The van der Waals surface area contributed by atoms with E-state index in [-0.39, 0.29) is 5.75 Å². The van der Waals surface area contributed by atoms with Gasteiger partial charge < -0.3 is 10.2 Å². The lowest BCUT2D eigenvalue weighted by Crippen LogP contribution is -1.97. The third-order valence-electron chi connectivity index (χ3n) is 3.23. The predicted octanol–water partition coefficient (Wildman–Crippen LogP) is 5.03. The number of hydrogen-bond donors (Lipinski definition) is 2. The van der Waals surface area contributed by atoms with Gasteiger partial charge in [-0.05, 0) is 24.6 Å². The normalized spacial score (nSPS) is 12.7. The van der Waals surface area contributed by atoms with Crippen LogP contribution in [0, 0.1) is 0 Å². The van der Waals surface area contributed by atoms with Crippen LogP contribution < -0.4 is 0 Å². The van der Waals surface area contributed by atoms with Crippen LogP contribution in [-0.4, -0.2) is 10.2 Å². The molecule has 1 atom stereocenters. The summed E-state index contributed by atoms with van der Waals surface area (Å²) in [5, 5.41) is 28.0. The zero-order valence-electron chi connectivity index (χ0n) is 12.1. The molecule has 0 heterocycles. The number of rotatable bonds is 6. The number of unbranched alkanes of at least 4 members (excludes halogenated alkanes) is 1. The molecule has 0 saturated heterocycles. The fourth-order valence-electron chi connectivity index (χ4n) is 2.08. The van der Waals surface area contributed by atoms with Crippen LogP contribution in [0.5, 0.6) is 5.75 Å². The second-order valence-corrected chi connectivity index (χ2v) is 4.94. The van der Waals surface area contributed by atoms with Gasteiger partial charge in [-0.15, -0.1) is 0 Å². The summed E-state index contributed by atoms with van der Waals surface area (Å²) in [6.45, 7) is 2.10. The van der Waals surface area contributed by atoms with E-state index in [4.69, 9.17) is 0 Å². The summed E-state index contributed by atoms with van der Waals surface area (Å²) in [5.41, 5.74) is 2.02. The van der Waals surface area contributed by atoms with Gasteiger partial charge in [0.15, 0.2) is 0 Å². The maximum Gasteiger partial charge on any atom is 0.117 e. The van der Waals surface area contributed by atoms with Crippen molar-refractivity contribution in [2.24, 2.45) is 10.2 Å². The maximum atomic E-state index is 10.2. The van der Waals surface area contributed by atoms with Gasteiger partial charge in [0.05, 0.1) is 17.5 Å². The van der Waals surface area contributed by atoms with E-state index < -0.39 is 6.10 Å². The third-order valence-corrected chi connectivity index (χ3v) is 3.23. The Morgan fingerprint density at radius 3 is 2.62 bits per heavy atom. The molecule has 110 valence electrons. The van der Waals surface area contributed by atoms with Crippen molar-refractivity contribution < 1.29 is 10.2 Å². The molecular weight excluding hydrogens is 264 g/mol. The van der Waals surface area contributed by atoms with Crippen molar-refractivity contribution in [1.29, 1.82) is 0 Å². The lowest BCUT2D eigenvalue weighted by atomic mass is 10.0. The van der Waals surface area contributed by atoms with Crippen molar-refractivity contribution in [3.63, 3.8) is 0 Å². The van der Waals surface area contributed by atoms with Gasteiger partial charge in [0.1, 0.15) is 5.75 Å². The molecule has 0 amide bonds. The summed E-state index contributed by atoms with van der Waals surface area (Å²) >= 11 is 0. The summed E-state index contributed by atoms with van der Waals surface area (Å²) in [4.78, 5) is 0. The second kappa shape index (κ2) is 7.55. The van der Waals surface area contributed by atoms with Crippen LogP contribution in [-0.2, 0) is 0 Å². The number of hydrogen-bond acceptors (Lipinski definition) is 4. The van der Waals surface area contributed by atoms with Crippen LogP contribution in [0.2, 0.25) is 0 Å². The molecule has 0 aromatic heterocycles. The van der Waals surface area contributed by atoms with E-state index in [0.29, 0.717) is 11.4 Å². The Morgan fingerprint density at radius 2 is 1.86 bits per heavy atom. The van der Waals surface area contributed by atoms with Crippen molar-refractivity contribution in [2.45, 2.75) is 32.3 Å². The fraction of sp³-hybridized carbons (Fsp3) is 0.294. The van der Waals surface area contributed by atoms with Crippen molar-refractivity contribution in [3.8, 4) is 5.75 Å². The molecule has 0 bridgehead atoms. The topological polar surface area (TPSA) is 65.2 Å². The lowest BCUT2D eigenvalue weighted by molar-refractivity contribution is 0.165. The second-order valence-electron chi connectivity index (χ2n) is 4.94. The van der Waals surface area contributed by atoms with E-state index in [9.17, 15) is 10.2 Å². The summed E-state index contributed by atoms with van der Waals surface area (Å²) in [6.07, 6.45) is 2.21. The standard InChI is InChI=1S/C17H20N2O2/c1-2-3-11-17(21)15-9-4-5-10-16(15)19-18-13-7-6-8-14(20)12-13/h4-10,12,17,20-21H,2-3,11H2,1H3. The number of aromatic hydroxyl groups is 1. The van der Waals surface area contributed by atoms with Crippen LogP contribution >= 0.6 is 0 Å². The van der Waals surface area contributed by atoms with Gasteiger partial charge in [0.25, 0.3) is 0 Å². The Bertz CT molecular complexity index is 611. The Morgan fingerprint density at radius 1 is 1.05 bits per heavy atom. The Hall–Kier alpha value is -2.20. The summed E-state index contributed by atoms with van der Waals surface area (Å²) in [7, 11) is 0. The highest BCUT2D eigenvalue weighted by Gasteiger charge is 2.11. The molecule has 2 rings (SSSR count). The molecule has 0 radical (unpaired) electrons. The van der Waals surface area contributed by atoms with Crippen molar-refractivity contribution >= 4 is 11.4 Å². The molecule has 0 saturated carbocycles. The Balaban J connectivity index is 2.20. The molecule has 21 heavy (non-hydrogen) atoms. The van der Waals surface area contributed by atoms with Crippen LogP contribution in [0.15, 0.2) is 58.8 Å². The van der Waals surface area contributed by atoms with E-state index in [2.05, 4.69) is 17.2 Å². The monoisotopic (exact) mass is 284 g/mol. The van der Waals surface area contributed by atoms with Gasteiger partial charge in [-0.2, -0.15) is 10.2 Å². The molecular formula is C17H20N2O2. The smallest absolute Gasteiger partial charge is 0.117 e. The average Bonchev–Trinajstić information content (AvgIpc) is 2.51. The van der Waals surface area contributed by atoms with Gasteiger partial charge in [-0.3, -0.25) is 0 Å². The van der Waals surface area contributed by atoms with Crippen LogP contribution in [0.1, 0.15) is 37.9 Å². The van der Waals surface area contributed by atoms with Gasteiger partial charge in [0, 0.05) is 11.6 Å². The minimum absolute atomic E-state index is 0.155. The number of phenols is 1. The van der Waals surface area contributed by atoms with E-state index in [1.165, 1.54) is 0 Å². The first-order valence-corrected chi connectivity index (χ1v) is 7.18. The minimum Gasteiger partial charge on any atom is -0.508 e. The predicted molar refractivity (Wildman–Crippen MR) is 83.2 cm³/mol. The highest BCUT2D eigenvalue weighted by molar-refractivity contribution is 5.48. The molecule has 0 fully saturated rings. The van der Waals surface area contributed by atoms with Gasteiger partial charge >= 0.3 is 0 Å².